The van der Waals surface area contributed by atoms with Gasteiger partial charge in [0.2, 0.25) is 10.0 Å². The molecule has 0 aliphatic carbocycles. The van der Waals surface area contributed by atoms with Crippen LogP contribution in [0, 0.1) is 0 Å². The molecule has 0 saturated carbocycles. The highest BCUT2D eigenvalue weighted by molar-refractivity contribution is 9.10. The summed E-state index contributed by atoms with van der Waals surface area (Å²) in [7, 11) is -3.10. The highest BCUT2D eigenvalue weighted by atomic mass is 79.9. The van der Waals surface area contributed by atoms with Gasteiger partial charge < -0.3 is 11.1 Å². The molecule has 106 valence electrons. The molecule has 0 spiro atoms. The number of hydrogen-bond donors (Lipinski definition) is 3. The largest absolute Gasteiger partial charge is 0.389 e. The van der Waals surface area contributed by atoms with E-state index in [-0.39, 0.29) is 0 Å². The molecule has 0 heterocycles. The fourth-order valence-electron chi connectivity index (χ4n) is 1.40. The minimum absolute atomic E-state index is 0.343. The van der Waals surface area contributed by atoms with Crippen molar-refractivity contribution in [2.45, 2.75) is 6.42 Å². The highest BCUT2D eigenvalue weighted by Crippen LogP contribution is 2.21. The van der Waals surface area contributed by atoms with Crippen LogP contribution in [0.4, 0.5) is 5.69 Å². The van der Waals surface area contributed by atoms with Crippen LogP contribution in [0.2, 0.25) is 0 Å². The van der Waals surface area contributed by atoms with Gasteiger partial charge in [0.15, 0.2) is 0 Å². The SMILES string of the molecule is CS(=O)(=O)NCCCNc1ccc(C(N)=S)c(Br)c1. The molecule has 19 heavy (non-hydrogen) atoms. The Morgan fingerprint density at radius 3 is 2.63 bits per heavy atom. The first-order valence-electron chi connectivity index (χ1n) is 5.57. The maximum absolute atomic E-state index is 10.8. The summed E-state index contributed by atoms with van der Waals surface area (Å²) in [6, 6.07) is 5.60. The van der Waals surface area contributed by atoms with E-state index in [4.69, 9.17) is 18.0 Å². The highest BCUT2D eigenvalue weighted by Gasteiger charge is 2.04. The van der Waals surface area contributed by atoms with Gasteiger partial charge in [-0.05, 0) is 40.5 Å². The van der Waals surface area contributed by atoms with E-state index in [0.29, 0.717) is 24.5 Å². The van der Waals surface area contributed by atoms with E-state index in [1.54, 1.807) is 0 Å². The average Bonchev–Trinajstić information content (AvgIpc) is 2.26. The Kier molecular flexibility index (Phi) is 6.18. The predicted octanol–water partition coefficient (Wildman–Crippen LogP) is 1.43. The van der Waals surface area contributed by atoms with E-state index in [9.17, 15) is 8.42 Å². The van der Waals surface area contributed by atoms with Crippen molar-refractivity contribution in [3.8, 4) is 0 Å². The van der Waals surface area contributed by atoms with Crippen LogP contribution < -0.4 is 15.8 Å². The van der Waals surface area contributed by atoms with Crippen molar-refractivity contribution in [1.29, 1.82) is 0 Å². The third kappa shape index (κ3) is 6.33. The Bertz CT molecular complexity index is 561. The van der Waals surface area contributed by atoms with Crippen LogP contribution in [-0.4, -0.2) is 32.8 Å². The van der Waals surface area contributed by atoms with E-state index >= 15 is 0 Å². The number of halogens is 1. The molecule has 4 N–H and O–H groups in total. The summed E-state index contributed by atoms with van der Waals surface area (Å²) in [4.78, 5) is 0.343. The van der Waals surface area contributed by atoms with Crippen molar-refractivity contribution in [2.24, 2.45) is 5.73 Å². The van der Waals surface area contributed by atoms with Crippen LogP contribution in [0.15, 0.2) is 22.7 Å². The minimum Gasteiger partial charge on any atom is -0.389 e. The van der Waals surface area contributed by atoms with Crippen LogP contribution in [0.3, 0.4) is 0 Å². The van der Waals surface area contributed by atoms with Crippen LogP contribution in [0.5, 0.6) is 0 Å². The minimum atomic E-state index is -3.10. The second-order valence-electron chi connectivity index (χ2n) is 4.01. The molecule has 0 unspecified atom stereocenters. The first-order valence-corrected chi connectivity index (χ1v) is 8.67. The van der Waals surface area contributed by atoms with Gasteiger partial charge in [0.05, 0.1) is 6.26 Å². The van der Waals surface area contributed by atoms with Crippen molar-refractivity contribution in [2.75, 3.05) is 24.7 Å². The molecule has 0 aliphatic heterocycles. The summed E-state index contributed by atoms with van der Waals surface area (Å²) in [5, 5.41) is 3.19. The predicted molar refractivity (Wildman–Crippen MR) is 86.0 cm³/mol. The lowest BCUT2D eigenvalue weighted by molar-refractivity contribution is 0.586. The van der Waals surface area contributed by atoms with Gasteiger partial charge in [0, 0.05) is 28.8 Å². The molecule has 0 aliphatic rings. The number of benzene rings is 1. The average molecular weight is 366 g/mol. The lowest BCUT2D eigenvalue weighted by Crippen LogP contribution is -2.24. The third-order valence-electron chi connectivity index (χ3n) is 2.28. The van der Waals surface area contributed by atoms with E-state index in [1.807, 2.05) is 18.2 Å². The standard InChI is InChI=1S/C11H16BrN3O2S2/c1-19(16,17)15-6-2-5-14-8-3-4-9(11(13)18)10(12)7-8/h3-4,7,14-15H,2,5-6H2,1H3,(H2,13,18). The van der Waals surface area contributed by atoms with Crippen LogP contribution in [-0.2, 0) is 10.0 Å². The molecule has 8 heteroatoms. The monoisotopic (exact) mass is 365 g/mol. The quantitative estimate of drug-likeness (QED) is 0.502. The maximum Gasteiger partial charge on any atom is 0.208 e. The molecule has 5 nitrogen and oxygen atoms in total. The summed E-state index contributed by atoms with van der Waals surface area (Å²) in [6.45, 7) is 1.08. The Morgan fingerprint density at radius 1 is 1.42 bits per heavy atom. The second-order valence-corrected chi connectivity index (χ2v) is 7.13. The summed E-state index contributed by atoms with van der Waals surface area (Å²) in [5.41, 5.74) is 7.27. The molecule has 0 aromatic heterocycles. The molecular weight excluding hydrogens is 350 g/mol. The topological polar surface area (TPSA) is 84.2 Å². The lowest BCUT2D eigenvalue weighted by atomic mass is 10.2. The number of anilines is 1. The van der Waals surface area contributed by atoms with E-state index in [1.165, 1.54) is 0 Å². The van der Waals surface area contributed by atoms with Crippen molar-refractivity contribution < 1.29 is 8.42 Å². The van der Waals surface area contributed by atoms with E-state index in [2.05, 4.69) is 26.0 Å². The van der Waals surface area contributed by atoms with Gasteiger partial charge in [-0.2, -0.15) is 0 Å². The number of nitrogens with two attached hydrogens (primary N) is 1. The molecule has 0 radical (unpaired) electrons. The maximum atomic E-state index is 10.8. The van der Waals surface area contributed by atoms with Crippen LogP contribution >= 0.6 is 28.1 Å². The number of rotatable bonds is 7. The number of thiocarbonyl (C=S) groups is 1. The molecule has 1 aromatic carbocycles. The third-order valence-corrected chi connectivity index (χ3v) is 3.89. The molecule has 0 saturated heterocycles. The lowest BCUT2D eigenvalue weighted by Gasteiger charge is -2.09. The summed E-state index contributed by atoms with van der Waals surface area (Å²) in [5.74, 6) is 0. The van der Waals surface area contributed by atoms with Crippen molar-refractivity contribution in [3.63, 3.8) is 0 Å². The van der Waals surface area contributed by atoms with Gasteiger partial charge in [-0.15, -0.1) is 0 Å². The second kappa shape index (κ2) is 7.18. The van der Waals surface area contributed by atoms with Crippen molar-refractivity contribution in [1.82, 2.24) is 4.72 Å². The van der Waals surface area contributed by atoms with Crippen LogP contribution in [0.25, 0.3) is 0 Å². The Hall–Kier alpha value is -0.700. The number of nitrogens with one attached hydrogen (secondary N) is 2. The van der Waals surface area contributed by atoms with Crippen molar-refractivity contribution >= 4 is 48.8 Å². The normalized spacial score (nSPS) is 11.3. The molecule has 0 atom stereocenters. The van der Waals surface area contributed by atoms with Crippen LogP contribution in [0.1, 0.15) is 12.0 Å². The molecule has 1 rings (SSSR count). The summed E-state index contributed by atoms with van der Waals surface area (Å²) < 4.78 is 25.0. The van der Waals surface area contributed by atoms with E-state index in [0.717, 1.165) is 22.0 Å². The van der Waals surface area contributed by atoms with Gasteiger partial charge >= 0.3 is 0 Å². The molecule has 0 bridgehead atoms. The zero-order valence-electron chi connectivity index (χ0n) is 10.4. The molecule has 0 amide bonds. The zero-order chi connectivity index (χ0) is 14.5. The summed E-state index contributed by atoms with van der Waals surface area (Å²) >= 11 is 8.31. The van der Waals surface area contributed by atoms with Gasteiger partial charge in [-0.3, -0.25) is 0 Å². The van der Waals surface area contributed by atoms with E-state index < -0.39 is 10.0 Å². The molecule has 0 fully saturated rings. The Balaban J connectivity index is 2.42. The Labute approximate surface area is 127 Å². The van der Waals surface area contributed by atoms with Crippen molar-refractivity contribution in [3.05, 3.63) is 28.2 Å². The zero-order valence-corrected chi connectivity index (χ0v) is 13.7. The van der Waals surface area contributed by atoms with Gasteiger partial charge in [-0.1, -0.05) is 12.2 Å². The molecular formula is C11H16BrN3O2S2. The van der Waals surface area contributed by atoms with Gasteiger partial charge in [0.1, 0.15) is 4.99 Å². The summed E-state index contributed by atoms with van der Waals surface area (Å²) in [6.07, 6.45) is 1.84. The van der Waals surface area contributed by atoms with Gasteiger partial charge in [0.25, 0.3) is 0 Å². The fourth-order valence-corrected chi connectivity index (χ4v) is 2.82. The number of sulfonamides is 1. The fraction of sp³-hybridized carbons (Fsp3) is 0.364. The first-order chi connectivity index (χ1) is 8.79. The number of hydrogen-bond acceptors (Lipinski definition) is 4. The molecule has 1 aromatic rings. The Morgan fingerprint density at radius 2 is 2.11 bits per heavy atom. The first kappa shape index (κ1) is 16.4. The van der Waals surface area contributed by atoms with Gasteiger partial charge in [-0.25, -0.2) is 13.1 Å². The smallest absolute Gasteiger partial charge is 0.208 e.